The first kappa shape index (κ1) is 7.94. The molecule has 0 saturated heterocycles. The van der Waals surface area contributed by atoms with E-state index in [2.05, 4.69) is 5.16 Å². The van der Waals surface area contributed by atoms with Crippen LogP contribution in [0.15, 0.2) is 10.7 Å². The van der Waals surface area contributed by atoms with Crippen LogP contribution in [0.1, 0.15) is 22.5 Å². The van der Waals surface area contributed by atoms with Crippen LogP contribution in [-0.2, 0) is 0 Å². The lowest BCUT2D eigenvalue weighted by atomic mass is 10.2. The summed E-state index contributed by atoms with van der Waals surface area (Å²) < 4.78 is 4.72. The van der Waals surface area contributed by atoms with E-state index in [1.54, 1.807) is 6.92 Å². The highest BCUT2D eigenvalue weighted by molar-refractivity contribution is 5.94. The minimum atomic E-state index is -0.0810. The number of nitrogens with two attached hydrogens (primary N) is 1. The Balaban J connectivity index is 2.76. The third-order valence-electron chi connectivity index (χ3n) is 1.37. The lowest BCUT2D eigenvalue weighted by molar-refractivity contribution is 0.0949. The van der Waals surface area contributed by atoms with Gasteiger partial charge in [-0.05, 0) is 13.5 Å². The van der Waals surface area contributed by atoms with Crippen molar-refractivity contribution in [1.82, 2.24) is 5.16 Å². The third kappa shape index (κ3) is 1.65. The fourth-order valence-electron chi connectivity index (χ4n) is 0.804. The van der Waals surface area contributed by atoms with Crippen molar-refractivity contribution in [3.05, 3.63) is 17.5 Å². The number of rotatable bonds is 3. The van der Waals surface area contributed by atoms with Gasteiger partial charge in [0.2, 0.25) is 11.5 Å². The topological polar surface area (TPSA) is 69.1 Å². The Morgan fingerprint density at radius 1 is 1.82 bits per heavy atom. The molecule has 0 saturated carbocycles. The quantitative estimate of drug-likeness (QED) is 0.644. The van der Waals surface area contributed by atoms with Gasteiger partial charge in [0.25, 0.3) is 0 Å². The van der Waals surface area contributed by atoms with E-state index in [1.807, 2.05) is 0 Å². The molecule has 0 aliphatic heterocycles. The van der Waals surface area contributed by atoms with Crippen molar-refractivity contribution in [2.75, 3.05) is 6.54 Å². The van der Waals surface area contributed by atoms with Crippen molar-refractivity contribution in [3.8, 4) is 0 Å². The lowest BCUT2D eigenvalue weighted by Gasteiger charge is -1.92. The Labute approximate surface area is 64.4 Å². The zero-order valence-corrected chi connectivity index (χ0v) is 6.33. The number of aromatic nitrogens is 1. The number of hydrogen-bond donors (Lipinski definition) is 1. The molecule has 4 nitrogen and oxygen atoms in total. The molecule has 0 aliphatic carbocycles. The fourth-order valence-corrected chi connectivity index (χ4v) is 0.804. The van der Waals surface area contributed by atoms with Crippen LogP contribution in [-0.4, -0.2) is 17.5 Å². The SMILES string of the molecule is Cc1cnoc1C(=O)CCN. The highest BCUT2D eigenvalue weighted by atomic mass is 16.5. The number of nitrogens with zero attached hydrogens (tertiary/aromatic N) is 1. The van der Waals surface area contributed by atoms with E-state index < -0.39 is 0 Å². The number of hydrogen-bond acceptors (Lipinski definition) is 4. The van der Waals surface area contributed by atoms with Crippen LogP contribution in [0.3, 0.4) is 0 Å². The minimum Gasteiger partial charge on any atom is -0.353 e. The summed E-state index contributed by atoms with van der Waals surface area (Å²) in [5.74, 6) is 0.248. The normalized spacial score (nSPS) is 10.0. The maximum Gasteiger partial charge on any atom is 0.205 e. The van der Waals surface area contributed by atoms with E-state index in [9.17, 15) is 4.79 Å². The van der Waals surface area contributed by atoms with E-state index in [0.29, 0.717) is 18.7 Å². The molecule has 1 aromatic heterocycles. The van der Waals surface area contributed by atoms with Gasteiger partial charge < -0.3 is 10.3 Å². The second kappa shape index (κ2) is 3.30. The van der Waals surface area contributed by atoms with Gasteiger partial charge in [0.05, 0.1) is 6.20 Å². The Morgan fingerprint density at radius 2 is 2.55 bits per heavy atom. The molecule has 1 heterocycles. The van der Waals surface area contributed by atoms with Crippen molar-refractivity contribution >= 4 is 5.78 Å². The summed E-state index contributed by atoms with van der Waals surface area (Å²) in [5, 5.41) is 3.49. The highest BCUT2D eigenvalue weighted by Crippen LogP contribution is 2.07. The zero-order valence-electron chi connectivity index (χ0n) is 6.33. The van der Waals surface area contributed by atoms with Crippen molar-refractivity contribution in [1.29, 1.82) is 0 Å². The van der Waals surface area contributed by atoms with Gasteiger partial charge in [-0.1, -0.05) is 5.16 Å². The number of aryl methyl sites for hydroxylation is 1. The zero-order chi connectivity index (χ0) is 8.27. The predicted molar refractivity (Wildman–Crippen MR) is 39.2 cm³/mol. The van der Waals surface area contributed by atoms with Crippen molar-refractivity contribution in [3.63, 3.8) is 0 Å². The predicted octanol–water partition coefficient (Wildman–Crippen LogP) is 0.515. The summed E-state index contributed by atoms with van der Waals surface area (Å²) in [6.07, 6.45) is 1.83. The Kier molecular flexibility index (Phi) is 2.38. The molecule has 0 aromatic carbocycles. The summed E-state index contributed by atoms with van der Waals surface area (Å²) in [6, 6.07) is 0. The summed E-state index contributed by atoms with van der Waals surface area (Å²) >= 11 is 0. The second-order valence-electron chi connectivity index (χ2n) is 2.30. The van der Waals surface area contributed by atoms with Gasteiger partial charge in [0, 0.05) is 12.0 Å². The molecule has 4 heteroatoms. The lowest BCUT2D eigenvalue weighted by Crippen LogP contribution is -2.08. The number of carbonyl (C=O) groups excluding carboxylic acids is 1. The second-order valence-corrected chi connectivity index (χ2v) is 2.30. The largest absolute Gasteiger partial charge is 0.353 e. The fraction of sp³-hybridized carbons (Fsp3) is 0.429. The summed E-state index contributed by atoms with van der Waals surface area (Å²) in [4.78, 5) is 11.1. The first-order valence-electron chi connectivity index (χ1n) is 3.40. The van der Waals surface area contributed by atoms with E-state index in [1.165, 1.54) is 6.20 Å². The van der Waals surface area contributed by atoms with Gasteiger partial charge >= 0.3 is 0 Å². The highest BCUT2D eigenvalue weighted by Gasteiger charge is 2.12. The van der Waals surface area contributed by atoms with Crippen molar-refractivity contribution in [2.24, 2.45) is 5.73 Å². The molecule has 0 radical (unpaired) electrons. The Bertz CT molecular complexity index is 255. The van der Waals surface area contributed by atoms with Crippen molar-refractivity contribution < 1.29 is 9.32 Å². The van der Waals surface area contributed by atoms with E-state index in [0.717, 1.165) is 5.56 Å². The third-order valence-corrected chi connectivity index (χ3v) is 1.37. The van der Waals surface area contributed by atoms with Gasteiger partial charge in [-0.3, -0.25) is 4.79 Å². The van der Waals surface area contributed by atoms with Gasteiger partial charge in [-0.15, -0.1) is 0 Å². The number of carbonyl (C=O) groups is 1. The van der Waals surface area contributed by atoms with E-state index >= 15 is 0 Å². The molecule has 0 bridgehead atoms. The van der Waals surface area contributed by atoms with E-state index in [4.69, 9.17) is 10.3 Å². The molecule has 0 atom stereocenters. The van der Waals surface area contributed by atoms with Gasteiger partial charge in [-0.2, -0.15) is 0 Å². The summed E-state index contributed by atoms with van der Waals surface area (Å²) in [7, 11) is 0. The van der Waals surface area contributed by atoms with Crippen LogP contribution in [0.2, 0.25) is 0 Å². The number of Topliss-reactive ketones (excluding diaryl/α,β-unsaturated/α-hetero) is 1. The standard InChI is InChI=1S/C7H10N2O2/c1-5-4-9-11-7(5)6(10)2-3-8/h4H,2-3,8H2,1H3. The molecule has 0 spiro atoms. The molecular weight excluding hydrogens is 144 g/mol. The molecule has 11 heavy (non-hydrogen) atoms. The molecule has 0 unspecified atom stereocenters. The maximum atomic E-state index is 11.1. The molecule has 0 aliphatic rings. The van der Waals surface area contributed by atoms with E-state index in [-0.39, 0.29) is 5.78 Å². The van der Waals surface area contributed by atoms with Gasteiger partial charge in [0.15, 0.2) is 0 Å². The van der Waals surface area contributed by atoms with Crippen LogP contribution in [0.4, 0.5) is 0 Å². The Morgan fingerprint density at radius 3 is 3.00 bits per heavy atom. The molecule has 60 valence electrons. The number of ketones is 1. The minimum absolute atomic E-state index is 0.0810. The summed E-state index contributed by atoms with van der Waals surface area (Å²) in [6.45, 7) is 2.12. The molecule has 0 amide bonds. The Hall–Kier alpha value is -1.16. The molecule has 1 aromatic rings. The van der Waals surface area contributed by atoms with Crippen LogP contribution in [0, 0.1) is 6.92 Å². The molecule has 0 fully saturated rings. The molecule has 2 N–H and O–H groups in total. The summed E-state index contributed by atoms with van der Waals surface area (Å²) in [5.41, 5.74) is 5.97. The van der Waals surface area contributed by atoms with Crippen molar-refractivity contribution in [2.45, 2.75) is 13.3 Å². The van der Waals surface area contributed by atoms with Crippen LogP contribution in [0.5, 0.6) is 0 Å². The monoisotopic (exact) mass is 154 g/mol. The first-order valence-corrected chi connectivity index (χ1v) is 3.40. The average Bonchev–Trinajstić information content (AvgIpc) is 2.36. The molecular formula is C7H10N2O2. The van der Waals surface area contributed by atoms with Gasteiger partial charge in [-0.25, -0.2) is 0 Å². The average molecular weight is 154 g/mol. The van der Waals surface area contributed by atoms with Gasteiger partial charge in [0.1, 0.15) is 0 Å². The maximum absolute atomic E-state index is 11.1. The smallest absolute Gasteiger partial charge is 0.205 e. The van der Waals surface area contributed by atoms with Crippen LogP contribution in [0.25, 0.3) is 0 Å². The molecule has 1 rings (SSSR count). The van der Waals surface area contributed by atoms with Crippen LogP contribution >= 0.6 is 0 Å². The van der Waals surface area contributed by atoms with Crippen LogP contribution < -0.4 is 5.73 Å². The first-order chi connectivity index (χ1) is 5.25.